The highest BCUT2D eigenvalue weighted by Gasteiger charge is 2.26. The van der Waals surface area contributed by atoms with Crippen molar-refractivity contribution in [3.8, 4) is 5.75 Å². The highest BCUT2D eigenvalue weighted by Crippen LogP contribution is 2.31. The first kappa shape index (κ1) is 21.1. The van der Waals surface area contributed by atoms with E-state index in [4.69, 9.17) is 4.74 Å². The van der Waals surface area contributed by atoms with E-state index in [9.17, 15) is 20.1 Å². The molecule has 5 heteroatoms. The van der Waals surface area contributed by atoms with E-state index < -0.39 is 22.8 Å². The molecule has 5 nitrogen and oxygen atoms in total. The van der Waals surface area contributed by atoms with Gasteiger partial charge in [-0.3, -0.25) is 0 Å². The molecule has 2 aromatic rings. The van der Waals surface area contributed by atoms with Gasteiger partial charge in [0.1, 0.15) is 5.75 Å². The van der Waals surface area contributed by atoms with Crippen LogP contribution in [-0.2, 0) is 16.8 Å². The number of rotatable bonds is 5. The second-order valence-corrected chi connectivity index (χ2v) is 8.36. The van der Waals surface area contributed by atoms with E-state index in [2.05, 4.69) is 0 Å². The topological polar surface area (TPSA) is 87.0 Å². The third-order valence-electron chi connectivity index (χ3n) is 4.33. The highest BCUT2D eigenvalue weighted by molar-refractivity contribution is 5.91. The minimum Gasteiger partial charge on any atom is -0.423 e. The molecule has 0 spiro atoms. The Kier molecular flexibility index (Phi) is 5.53. The zero-order chi connectivity index (χ0) is 20.6. The van der Waals surface area contributed by atoms with Crippen LogP contribution in [0.3, 0.4) is 0 Å². The molecule has 0 aliphatic rings. The average Bonchev–Trinajstić information content (AvgIpc) is 2.52. The Morgan fingerprint density at radius 3 is 1.70 bits per heavy atom. The molecule has 0 amide bonds. The van der Waals surface area contributed by atoms with Crippen LogP contribution >= 0.6 is 0 Å². The third-order valence-corrected chi connectivity index (χ3v) is 4.33. The van der Waals surface area contributed by atoms with Crippen LogP contribution in [0.15, 0.2) is 42.5 Å². The van der Waals surface area contributed by atoms with Gasteiger partial charge in [0, 0.05) is 5.56 Å². The number of carbonyl (C=O) groups is 1. The Morgan fingerprint density at radius 2 is 1.26 bits per heavy atom. The summed E-state index contributed by atoms with van der Waals surface area (Å²) in [4.78, 5) is 12.8. The quantitative estimate of drug-likeness (QED) is 0.551. The maximum Gasteiger partial charge on any atom is 0.343 e. The Labute approximate surface area is 160 Å². The molecule has 0 radical (unpaired) electrons. The molecule has 0 atom stereocenters. The molecule has 0 aromatic heterocycles. The maximum atomic E-state index is 12.8. The van der Waals surface area contributed by atoms with E-state index in [-0.39, 0.29) is 11.3 Å². The van der Waals surface area contributed by atoms with E-state index in [0.29, 0.717) is 16.7 Å². The molecule has 0 aliphatic heterocycles. The lowest BCUT2D eigenvalue weighted by Crippen LogP contribution is -2.23. The van der Waals surface area contributed by atoms with Crippen molar-refractivity contribution in [2.75, 3.05) is 0 Å². The van der Waals surface area contributed by atoms with Gasteiger partial charge in [0.15, 0.2) is 0 Å². The Morgan fingerprint density at radius 1 is 0.778 bits per heavy atom. The Bertz CT molecular complexity index is 801. The highest BCUT2D eigenvalue weighted by atomic mass is 16.5. The number of ether oxygens (including phenoxy) is 1. The molecule has 0 heterocycles. The Hall–Kier alpha value is -2.21. The van der Waals surface area contributed by atoms with E-state index >= 15 is 0 Å². The van der Waals surface area contributed by atoms with Crippen LogP contribution in [0.4, 0.5) is 0 Å². The normalized spacial score (nSPS) is 12.8. The van der Waals surface area contributed by atoms with Gasteiger partial charge in [-0.1, -0.05) is 24.3 Å². The van der Waals surface area contributed by atoms with Crippen molar-refractivity contribution < 1.29 is 24.9 Å². The monoisotopic (exact) mass is 372 g/mol. The molecule has 0 aliphatic carbocycles. The van der Waals surface area contributed by atoms with Crippen LogP contribution in [0.5, 0.6) is 5.75 Å². The summed E-state index contributed by atoms with van der Waals surface area (Å²) in [6.07, 6.45) is 0. The molecule has 0 bridgehead atoms. The summed E-state index contributed by atoms with van der Waals surface area (Å²) < 4.78 is 5.53. The van der Waals surface area contributed by atoms with E-state index in [1.807, 2.05) is 0 Å². The lowest BCUT2D eigenvalue weighted by atomic mass is 9.89. The predicted molar refractivity (Wildman–Crippen MR) is 104 cm³/mol. The van der Waals surface area contributed by atoms with E-state index in [1.54, 1.807) is 84.0 Å². The minimum absolute atomic E-state index is 0.206. The zero-order valence-corrected chi connectivity index (χ0v) is 16.7. The van der Waals surface area contributed by atoms with Crippen LogP contribution in [0.1, 0.15) is 68.6 Å². The Balaban J connectivity index is 2.49. The van der Waals surface area contributed by atoms with Gasteiger partial charge in [-0.2, -0.15) is 0 Å². The van der Waals surface area contributed by atoms with Crippen molar-refractivity contribution in [2.24, 2.45) is 0 Å². The summed E-state index contributed by atoms with van der Waals surface area (Å²) in [5.41, 5.74) is -1.89. The second kappa shape index (κ2) is 7.08. The van der Waals surface area contributed by atoms with Gasteiger partial charge < -0.3 is 20.1 Å². The van der Waals surface area contributed by atoms with Gasteiger partial charge in [0.2, 0.25) is 0 Å². The lowest BCUT2D eigenvalue weighted by molar-refractivity contribution is 0.0653. The van der Waals surface area contributed by atoms with Crippen molar-refractivity contribution in [3.05, 3.63) is 64.7 Å². The van der Waals surface area contributed by atoms with Crippen LogP contribution in [-0.4, -0.2) is 21.3 Å². The first-order chi connectivity index (χ1) is 12.2. The van der Waals surface area contributed by atoms with E-state index in [1.165, 1.54) is 0 Å². The first-order valence-corrected chi connectivity index (χ1v) is 8.84. The summed E-state index contributed by atoms with van der Waals surface area (Å²) in [6, 6.07) is 11.5. The summed E-state index contributed by atoms with van der Waals surface area (Å²) in [6.45, 7) is 9.65. The standard InChI is InChI=1S/C22H28O5/c1-20(2,24)15-11-14(12-16(13-15)21(3,4)25)19(23)27-18-10-8-7-9-17(18)22(5,6)26/h7-13,24-26H,1-6H3. The van der Waals surface area contributed by atoms with Crippen molar-refractivity contribution in [2.45, 2.75) is 58.3 Å². The van der Waals surface area contributed by atoms with Crippen LogP contribution in [0.2, 0.25) is 0 Å². The fourth-order valence-corrected chi connectivity index (χ4v) is 2.67. The van der Waals surface area contributed by atoms with Gasteiger partial charge in [-0.25, -0.2) is 4.79 Å². The molecular formula is C22H28O5. The lowest BCUT2D eigenvalue weighted by Gasteiger charge is -2.25. The SMILES string of the molecule is CC(C)(O)c1cc(C(=O)Oc2ccccc2C(C)(C)O)cc(C(C)(C)O)c1. The number of hydrogen-bond donors (Lipinski definition) is 3. The number of para-hydroxylation sites is 1. The molecular weight excluding hydrogens is 344 g/mol. The smallest absolute Gasteiger partial charge is 0.343 e. The molecule has 0 fully saturated rings. The van der Waals surface area contributed by atoms with Crippen molar-refractivity contribution in [3.63, 3.8) is 0 Å². The number of benzene rings is 2. The summed E-state index contributed by atoms with van der Waals surface area (Å²) in [5.74, 6) is -0.378. The van der Waals surface area contributed by atoms with Crippen LogP contribution in [0.25, 0.3) is 0 Å². The van der Waals surface area contributed by atoms with Gasteiger partial charge in [0.05, 0.1) is 22.4 Å². The fourth-order valence-electron chi connectivity index (χ4n) is 2.67. The molecule has 146 valence electrons. The van der Waals surface area contributed by atoms with Gasteiger partial charge in [-0.15, -0.1) is 0 Å². The van der Waals surface area contributed by atoms with Crippen molar-refractivity contribution >= 4 is 5.97 Å². The largest absolute Gasteiger partial charge is 0.423 e. The average molecular weight is 372 g/mol. The van der Waals surface area contributed by atoms with E-state index in [0.717, 1.165) is 0 Å². The summed E-state index contributed by atoms with van der Waals surface area (Å²) >= 11 is 0. The maximum absolute atomic E-state index is 12.8. The number of esters is 1. The third kappa shape index (κ3) is 5.16. The molecule has 0 unspecified atom stereocenters. The predicted octanol–water partition coefficient (Wildman–Crippen LogP) is 3.59. The number of carbonyl (C=O) groups excluding carboxylic acids is 1. The number of hydrogen-bond acceptors (Lipinski definition) is 5. The minimum atomic E-state index is -1.19. The summed E-state index contributed by atoms with van der Waals surface area (Å²) in [7, 11) is 0. The fraction of sp³-hybridized carbons (Fsp3) is 0.409. The summed E-state index contributed by atoms with van der Waals surface area (Å²) in [5, 5.41) is 31.0. The first-order valence-electron chi connectivity index (χ1n) is 8.84. The molecule has 0 saturated carbocycles. The van der Waals surface area contributed by atoms with Crippen LogP contribution in [0, 0.1) is 0 Å². The van der Waals surface area contributed by atoms with Crippen molar-refractivity contribution in [1.82, 2.24) is 0 Å². The zero-order valence-electron chi connectivity index (χ0n) is 16.7. The molecule has 0 saturated heterocycles. The van der Waals surface area contributed by atoms with Gasteiger partial charge in [-0.05, 0) is 70.9 Å². The van der Waals surface area contributed by atoms with Gasteiger partial charge in [0.25, 0.3) is 0 Å². The second-order valence-electron chi connectivity index (χ2n) is 8.36. The molecule has 27 heavy (non-hydrogen) atoms. The number of aliphatic hydroxyl groups is 3. The molecule has 2 aromatic carbocycles. The molecule has 2 rings (SSSR count). The van der Waals surface area contributed by atoms with Gasteiger partial charge >= 0.3 is 5.97 Å². The van der Waals surface area contributed by atoms with Crippen molar-refractivity contribution in [1.29, 1.82) is 0 Å². The molecule has 3 N–H and O–H groups in total. The van der Waals surface area contributed by atoms with Crippen LogP contribution < -0.4 is 4.74 Å².